The van der Waals surface area contributed by atoms with E-state index in [1.165, 1.54) is 13.0 Å². The second-order valence-electron chi connectivity index (χ2n) is 4.45. The number of ketones is 1. The molecule has 0 unspecified atom stereocenters. The van der Waals surface area contributed by atoms with Gasteiger partial charge in [-0.15, -0.1) is 0 Å². The maximum absolute atomic E-state index is 13.8. The quantitative estimate of drug-likeness (QED) is 0.665. The van der Waals surface area contributed by atoms with Gasteiger partial charge in [-0.3, -0.25) is 4.79 Å². The summed E-state index contributed by atoms with van der Waals surface area (Å²) >= 11 is 0. The highest BCUT2D eigenvalue weighted by Gasteiger charge is 2.18. The average Bonchev–Trinajstić information content (AvgIpc) is 2.36. The number of benzene rings is 2. The molecule has 2 aromatic carbocycles. The average molecular weight is 261 g/mol. The van der Waals surface area contributed by atoms with Crippen molar-refractivity contribution in [3.63, 3.8) is 0 Å². The van der Waals surface area contributed by atoms with Crippen LogP contribution in [0.3, 0.4) is 0 Å². The number of nitrogen functional groups attached to an aromatic ring is 1. The lowest BCUT2D eigenvalue weighted by Gasteiger charge is -2.09. The van der Waals surface area contributed by atoms with E-state index in [0.717, 1.165) is 17.7 Å². The molecule has 2 N–H and O–H groups in total. The minimum atomic E-state index is -0.746. The highest BCUT2D eigenvalue weighted by Crippen LogP contribution is 2.23. The molecule has 0 aromatic heterocycles. The number of anilines is 1. The summed E-state index contributed by atoms with van der Waals surface area (Å²) in [6, 6.07) is 6.82. The first-order chi connectivity index (χ1) is 8.91. The second-order valence-corrected chi connectivity index (χ2v) is 4.45. The van der Waals surface area contributed by atoms with E-state index in [4.69, 9.17) is 5.73 Å². The van der Waals surface area contributed by atoms with Crippen LogP contribution in [0.1, 0.15) is 27.0 Å². The van der Waals surface area contributed by atoms with E-state index in [9.17, 15) is 13.6 Å². The van der Waals surface area contributed by atoms with E-state index in [2.05, 4.69) is 0 Å². The van der Waals surface area contributed by atoms with Crippen molar-refractivity contribution in [1.82, 2.24) is 0 Å². The molecule has 0 heterocycles. The van der Waals surface area contributed by atoms with Crippen LogP contribution < -0.4 is 5.73 Å². The third kappa shape index (κ3) is 2.34. The van der Waals surface area contributed by atoms with Crippen LogP contribution >= 0.6 is 0 Å². The second kappa shape index (κ2) is 4.80. The molecule has 0 bridgehead atoms. The normalized spacial score (nSPS) is 10.5. The molecule has 0 radical (unpaired) electrons. The van der Waals surface area contributed by atoms with Gasteiger partial charge >= 0.3 is 0 Å². The van der Waals surface area contributed by atoms with Crippen molar-refractivity contribution >= 4 is 11.5 Å². The Kier molecular flexibility index (Phi) is 3.34. The van der Waals surface area contributed by atoms with Crippen molar-refractivity contribution in [2.75, 3.05) is 5.73 Å². The van der Waals surface area contributed by atoms with Gasteiger partial charge in [-0.2, -0.15) is 0 Å². The van der Waals surface area contributed by atoms with Gasteiger partial charge in [0, 0.05) is 11.3 Å². The lowest BCUT2D eigenvalue weighted by atomic mass is 9.98. The van der Waals surface area contributed by atoms with Crippen LogP contribution in [0.15, 0.2) is 30.3 Å². The van der Waals surface area contributed by atoms with Crippen molar-refractivity contribution < 1.29 is 13.6 Å². The molecular formula is C15H13F2NO. The molecule has 0 aliphatic carbocycles. The third-order valence-corrected chi connectivity index (χ3v) is 3.06. The molecule has 0 atom stereocenters. The van der Waals surface area contributed by atoms with E-state index >= 15 is 0 Å². The number of nitrogens with two attached hydrogens (primary N) is 1. The Bertz CT molecular complexity index is 665. The molecule has 19 heavy (non-hydrogen) atoms. The van der Waals surface area contributed by atoms with E-state index < -0.39 is 17.4 Å². The molecule has 2 rings (SSSR count). The Labute approximate surface area is 109 Å². The summed E-state index contributed by atoms with van der Waals surface area (Å²) in [5, 5.41) is 0. The Morgan fingerprint density at radius 2 is 1.68 bits per heavy atom. The molecular weight excluding hydrogens is 248 g/mol. The Balaban J connectivity index is 2.56. The number of rotatable bonds is 2. The molecule has 0 saturated carbocycles. The number of para-hydroxylation sites is 1. The topological polar surface area (TPSA) is 43.1 Å². The predicted octanol–water partition coefficient (Wildman–Crippen LogP) is 3.39. The highest BCUT2D eigenvalue weighted by molar-refractivity contribution is 6.12. The summed E-state index contributed by atoms with van der Waals surface area (Å²) in [6.45, 7) is 3.19. The van der Waals surface area contributed by atoms with Crippen molar-refractivity contribution in [2.45, 2.75) is 13.8 Å². The fourth-order valence-electron chi connectivity index (χ4n) is 1.84. The van der Waals surface area contributed by atoms with Gasteiger partial charge in [0.15, 0.2) is 5.78 Å². The van der Waals surface area contributed by atoms with Crippen LogP contribution in [-0.4, -0.2) is 5.78 Å². The first kappa shape index (κ1) is 13.2. The van der Waals surface area contributed by atoms with Gasteiger partial charge in [0.1, 0.15) is 11.6 Å². The van der Waals surface area contributed by atoms with Gasteiger partial charge in [0.2, 0.25) is 0 Å². The summed E-state index contributed by atoms with van der Waals surface area (Å²) in [7, 11) is 0. The van der Waals surface area contributed by atoms with E-state index in [1.807, 2.05) is 0 Å². The van der Waals surface area contributed by atoms with Crippen molar-refractivity contribution in [3.05, 3.63) is 64.2 Å². The van der Waals surface area contributed by atoms with Gasteiger partial charge < -0.3 is 5.73 Å². The van der Waals surface area contributed by atoms with Gasteiger partial charge in [-0.1, -0.05) is 12.1 Å². The van der Waals surface area contributed by atoms with Crippen LogP contribution in [0, 0.1) is 25.5 Å². The van der Waals surface area contributed by atoms with Crippen molar-refractivity contribution in [1.29, 1.82) is 0 Å². The largest absolute Gasteiger partial charge is 0.398 e. The number of carbonyl (C=O) groups excluding carboxylic acids is 1. The number of halogens is 2. The predicted molar refractivity (Wildman–Crippen MR) is 70.1 cm³/mol. The Morgan fingerprint density at radius 3 is 2.37 bits per heavy atom. The van der Waals surface area contributed by atoms with Gasteiger partial charge in [0.05, 0.1) is 5.56 Å². The molecule has 2 nitrogen and oxygen atoms in total. The van der Waals surface area contributed by atoms with Crippen LogP contribution in [0.25, 0.3) is 0 Å². The first-order valence-corrected chi connectivity index (χ1v) is 5.77. The summed E-state index contributed by atoms with van der Waals surface area (Å²) in [4.78, 5) is 12.2. The molecule has 0 saturated heterocycles. The lowest BCUT2D eigenvalue weighted by Crippen LogP contribution is -2.09. The molecule has 4 heteroatoms. The summed E-state index contributed by atoms with van der Waals surface area (Å²) in [5.41, 5.74) is 6.84. The lowest BCUT2D eigenvalue weighted by molar-refractivity contribution is 0.103. The van der Waals surface area contributed by atoms with Crippen molar-refractivity contribution in [2.24, 2.45) is 0 Å². The van der Waals surface area contributed by atoms with Gasteiger partial charge in [0.25, 0.3) is 0 Å². The standard InChI is InChI=1S/C15H13F2NO/c1-8-4-3-5-10(14(8)18)15(19)11-7-12(16)9(2)6-13(11)17/h3-7H,18H2,1-2H3. The third-order valence-electron chi connectivity index (χ3n) is 3.06. The van der Waals surface area contributed by atoms with Gasteiger partial charge in [-0.05, 0) is 43.2 Å². The van der Waals surface area contributed by atoms with Crippen LogP contribution in [0.4, 0.5) is 14.5 Å². The molecule has 0 amide bonds. The molecule has 0 fully saturated rings. The number of hydrogen-bond donors (Lipinski definition) is 1. The fraction of sp³-hybridized carbons (Fsp3) is 0.133. The zero-order valence-corrected chi connectivity index (χ0v) is 10.6. The summed E-state index contributed by atoms with van der Waals surface area (Å²) in [6.07, 6.45) is 0. The van der Waals surface area contributed by atoms with Crippen LogP contribution in [-0.2, 0) is 0 Å². The van der Waals surface area contributed by atoms with Crippen LogP contribution in [0.2, 0.25) is 0 Å². The molecule has 98 valence electrons. The highest BCUT2D eigenvalue weighted by atomic mass is 19.1. The van der Waals surface area contributed by atoms with E-state index in [0.29, 0.717) is 0 Å². The summed E-state index contributed by atoms with van der Waals surface area (Å²) < 4.78 is 27.2. The van der Waals surface area contributed by atoms with Gasteiger partial charge in [-0.25, -0.2) is 8.78 Å². The minimum absolute atomic E-state index is 0.159. The minimum Gasteiger partial charge on any atom is -0.398 e. The maximum atomic E-state index is 13.8. The molecule has 0 aliphatic rings. The summed E-state index contributed by atoms with van der Waals surface area (Å²) in [5.74, 6) is -1.97. The Hall–Kier alpha value is -2.23. The first-order valence-electron chi connectivity index (χ1n) is 5.77. The number of aryl methyl sites for hydroxylation is 2. The van der Waals surface area contributed by atoms with E-state index in [-0.39, 0.29) is 22.4 Å². The molecule has 0 aliphatic heterocycles. The molecule has 2 aromatic rings. The SMILES string of the molecule is Cc1cc(F)c(C(=O)c2cccc(C)c2N)cc1F. The fourth-order valence-corrected chi connectivity index (χ4v) is 1.84. The number of carbonyl (C=O) groups is 1. The maximum Gasteiger partial charge on any atom is 0.198 e. The monoisotopic (exact) mass is 261 g/mol. The van der Waals surface area contributed by atoms with E-state index in [1.54, 1.807) is 19.1 Å². The zero-order chi connectivity index (χ0) is 14.2. The van der Waals surface area contributed by atoms with Crippen LogP contribution in [0.5, 0.6) is 0 Å². The smallest absolute Gasteiger partial charge is 0.198 e. The zero-order valence-electron chi connectivity index (χ0n) is 10.6. The number of hydrogen-bond acceptors (Lipinski definition) is 2. The Morgan fingerprint density at radius 1 is 1.00 bits per heavy atom. The van der Waals surface area contributed by atoms with Crippen molar-refractivity contribution in [3.8, 4) is 0 Å². The molecule has 0 spiro atoms.